The standard InChI is InChI=1S/C73H118O5/c1-3-5-7-9-11-13-15-17-19-21-23-25-27-28-29-30-31-32-33-34-35-36-37-38-39-40-41-42-43-44-46-48-50-52-54-56-58-60-62-64-66-68-73(76)78-71(69-74)70-77-72(75)67-65-63-61-59-57-55-53-51-49-47-45-26-24-22-20-18-16-14-12-10-8-6-4-2/h5,7,11,13,16-19,22-25,28-29,31-32,34-35,37-38,40-41,43-45,47,71,74H,3-4,6,8-10,12,14-15,20-21,26-27,30,33,36,39,42,46,48-70H2,1-2H3/b7-5-,13-11-,18-16-,19-17-,24-22-,25-23-,29-28-,32-31-,35-34-,38-37-,41-40-,44-43-,47-45-. The topological polar surface area (TPSA) is 72.8 Å². The predicted molar refractivity (Wildman–Crippen MR) is 343 cm³/mol. The first kappa shape index (κ1) is 73.5. The third kappa shape index (κ3) is 64.0. The molecule has 440 valence electrons. The van der Waals surface area contributed by atoms with Gasteiger partial charge in [-0.3, -0.25) is 9.59 Å². The molecule has 0 aliphatic carbocycles. The molecule has 0 aromatic rings. The first-order valence-corrected chi connectivity index (χ1v) is 32.0. The summed E-state index contributed by atoms with van der Waals surface area (Å²) in [6, 6.07) is 0. The maximum atomic E-state index is 12.3. The number of aliphatic hydroxyl groups excluding tert-OH is 1. The third-order valence-corrected chi connectivity index (χ3v) is 13.3. The van der Waals surface area contributed by atoms with Gasteiger partial charge in [0.15, 0.2) is 6.10 Å². The molecule has 0 amide bonds. The molecule has 0 rings (SSSR count). The lowest BCUT2D eigenvalue weighted by molar-refractivity contribution is -0.161. The van der Waals surface area contributed by atoms with E-state index in [1.165, 1.54) is 122 Å². The van der Waals surface area contributed by atoms with Crippen molar-refractivity contribution in [1.82, 2.24) is 0 Å². The maximum Gasteiger partial charge on any atom is 0.306 e. The molecule has 0 aliphatic rings. The number of ether oxygens (including phenoxy) is 2. The number of esters is 2. The summed E-state index contributed by atoms with van der Waals surface area (Å²) in [4.78, 5) is 24.6. The Bertz CT molecular complexity index is 1690. The van der Waals surface area contributed by atoms with E-state index in [0.717, 1.165) is 122 Å². The number of hydrogen-bond donors (Lipinski definition) is 1. The van der Waals surface area contributed by atoms with Crippen LogP contribution in [0.15, 0.2) is 158 Å². The molecular weight excluding hydrogens is 957 g/mol. The molecule has 0 aromatic heterocycles. The Morgan fingerprint density at radius 2 is 0.551 bits per heavy atom. The van der Waals surface area contributed by atoms with Gasteiger partial charge in [-0.25, -0.2) is 0 Å². The molecule has 0 saturated heterocycles. The lowest BCUT2D eigenvalue weighted by Crippen LogP contribution is -2.28. The number of carbonyl (C=O) groups excluding carboxylic acids is 2. The molecular formula is C73H118O5. The largest absolute Gasteiger partial charge is 0.462 e. The number of unbranched alkanes of at least 4 members (excludes halogenated alkanes) is 23. The van der Waals surface area contributed by atoms with Gasteiger partial charge in [0.2, 0.25) is 0 Å². The Balaban J connectivity index is 3.59. The molecule has 0 bridgehead atoms. The van der Waals surface area contributed by atoms with E-state index in [9.17, 15) is 14.7 Å². The normalized spacial score (nSPS) is 13.3. The lowest BCUT2D eigenvalue weighted by atomic mass is 10.0. The highest BCUT2D eigenvalue weighted by Crippen LogP contribution is 2.15. The van der Waals surface area contributed by atoms with Crippen LogP contribution < -0.4 is 0 Å². The Morgan fingerprint density at radius 3 is 0.833 bits per heavy atom. The summed E-state index contributed by atoms with van der Waals surface area (Å²) in [6.07, 6.45) is 102. The fourth-order valence-electron chi connectivity index (χ4n) is 8.53. The van der Waals surface area contributed by atoms with Crippen molar-refractivity contribution < 1.29 is 24.2 Å². The second-order valence-electron chi connectivity index (χ2n) is 20.8. The Kier molecular flexibility index (Phi) is 63.0. The minimum absolute atomic E-state index is 0.0793. The quantitative estimate of drug-likeness (QED) is 0.0373. The van der Waals surface area contributed by atoms with E-state index in [-0.39, 0.29) is 25.2 Å². The molecule has 1 N–H and O–H groups in total. The van der Waals surface area contributed by atoms with Gasteiger partial charge in [-0.1, -0.05) is 287 Å². The van der Waals surface area contributed by atoms with Crippen LogP contribution >= 0.6 is 0 Å². The van der Waals surface area contributed by atoms with E-state index in [1.54, 1.807) is 0 Å². The van der Waals surface area contributed by atoms with Crippen molar-refractivity contribution in [2.75, 3.05) is 13.2 Å². The number of hydrogen-bond acceptors (Lipinski definition) is 5. The Labute approximate surface area is 481 Å². The van der Waals surface area contributed by atoms with Gasteiger partial charge in [-0.05, 0) is 128 Å². The van der Waals surface area contributed by atoms with Crippen LogP contribution in [0.3, 0.4) is 0 Å². The van der Waals surface area contributed by atoms with Crippen LogP contribution in [0.5, 0.6) is 0 Å². The summed E-state index contributed by atoms with van der Waals surface area (Å²) < 4.78 is 10.7. The van der Waals surface area contributed by atoms with Crippen molar-refractivity contribution in [2.24, 2.45) is 0 Å². The summed E-state index contributed by atoms with van der Waals surface area (Å²) >= 11 is 0. The molecule has 0 heterocycles. The van der Waals surface area contributed by atoms with Crippen molar-refractivity contribution in [2.45, 2.75) is 277 Å². The molecule has 5 heteroatoms. The number of allylic oxidation sites excluding steroid dienone is 26. The zero-order chi connectivity index (χ0) is 56.2. The van der Waals surface area contributed by atoms with E-state index in [1.807, 2.05) is 0 Å². The van der Waals surface area contributed by atoms with E-state index < -0.39 is 6.10 Å². The van der Waals surface area contributed by atoms with Crippen molar-refractivity contribution in [3.8, 4) is 0 Å². The highest BCUT2D eigenvalue weighted by Gasteiger charge is 2.16. The number of rotatable bonds is 57. The predicted octanol–water partition coefficient (Wildman–Crippen LogP) is 22.3. The third-order valence-electron chi connectivity index (χ3n) is 13.3. The van der Waals surface area contributed by atoms with E-state index in [0.29, 0.717) is 12.8 Å². The SMILES string of the molecule is CC/C=C\C/C=C\C/C=C\C/C=C\C/C=C\C/C=C\C/C=C\C/C=C\C/C=C\C/C=C\CCCCCCCCCCCCC(=O)OC(CO)COC(=O)CCCCCCCCCC/C=C\C/C=C\C/C=C\CCCCCCC. The molecule has 0 fully saturated rings. The van der Waals surface area contributed by atoms with Gasteiger partial charge in [0.05, 0.1) is 6.61 Å². The molecule has 0 saturated carbocycles. The van der Waals surface area contributed by atoms with Gasteiger partial charge in [0, 0.05) is 12.8 Å². The monoisotopic (exact) mass is 1070 g/mol. The second-order valence-corrected chi connectivity index (χ2v) is 20.8. The molecule has 5 nitrogen and oxygen atoms in total. The second kappa shape index (κ2) is 66.8. The van der Waals surface area contributed by atoms with Crippen LogP contribution in [-0.4, -0.2) is 36.4 Å². The van der Waals surface area contributed by atoms with Crippen LogP contribution in [0, 0.1) is 0 Å². The van der Waals surface area contributed by atoms with Crippen LogP contribution in [0.25, 0.3) is 0 Å². The van der Waals surface area contributed by atoms with Gasteiger partial charge in [0.1, 0.15) is 6.61 Å². The molecule has 0 aromatic carbocycles. The van der Waals surface area contributed by atoms with Crippen LogP contribution in [0.2, 0.25) is 0 Å². The van der Waals surface area contributed by atoms with Gasteiger partial charge < -0.3 is 14.6 Å². The number of carbonyl (C=O) groups is 2. The Hall–Kier alpha value is -4.48. The molecule has 78 heavy (non-hydrogen) atoms. The maximum absolute atomic E-state index is 12.3. The fourth-order valence-corrected chi connectivity index (χ4v) is 8.53. The van der Waals surface area contributed by atoms with E-state index in [4.69, 9.17) is 9.47 Å². The highest BCUT2D eigenvalue weighted by atomic mass is 16.6. The molecule has 1 unspecified atom stereocenters. The van der Waals surface area contributed by atoms with Crippen LogP contribution in [0.1, 0.15) is 271 Å². The van der Waals surface area contributed by atoms with E-state index >= 15 is 0 Å². The van der Waals surface area contributed by atoms with Crippen molar-refractivity contribution in [3.05, 3.63) is 158 Å². The Morgan fingerprint density at radius 1 is 0.308 bits per heavy atom. The van der Waals surface area contributed by atoms with Crippen LogP contribution in [-0.2, 0) is 19.1 Å². The first-order chi connectivity index (χ1) is 38.6. The lowest BCUT2D eigenvalue weighted by Gasteiger charge is -2.15. The minimum atomic E-state index is -0.789. The molecule has 0 spiro atoms. The average molecular weight is 1080 g/mol. The summed E-state index contributed by atoms with van der Waals surface area (Å²) in [6.45, 7) is 4.01. The summed E-state index contributed by atoms with van der Waals surface area (Å²) in [5.74, 6) is -0.609. The summed E-state index contributed by atoms with van der Waals surface area (Å²) in [5.41, 5.74) is 0. The molecule has 0 aliphatic heterocycles. The zero-order valence-corrected chi connectivity index (χ0v) is 50.4. The summed E-state index contributed by atoms with van der Waals surface area (Å²) in [5, 5.41) is 9.68. The highest BCUT2D eigenvalue weighted by molar-refractivity contribution is 5.70. The fraction of sp³-hybridized carbons (Fsp3) is 0.616. The molecule has 0 radical (unpaired) electrons. The van der Waals surface area contributed by atoms with Gasteiger partial charge in [0.25, 0.3) is 0 Å². The van der Waals surface area contributed by atoms with Crippen molar-refractivity contribution >= 4 is 11.9 Å². The average Bonchev–Trinajstić information content (AvgIpc) is 3.44. The first-order valence-electron chi connectivity index (χ1n) is 32.0. The smallest absolute Gasteiger partial charge is 0.306 e. The minimum Gasteiger partial charge on any atom is -0.462 e. The number of aliphatic hydroxyl groups is 1. The van der Waals surface area contributed by atoms with Gasteiger partial charge >= 0.3 is 11.9 Å². The zero-order valence-electron chi connectivity index (χ0n) is 50.4. The van der Waals surface area contributed by atoms with Gasteiger partial charge in [-0.2, -0.15) is 0 Å². The van der Waals surface area contributed by atoms with Crippen LogP contribution in [0.4, 0.5) is 0 Å². The van der Waals surface area contributed by atoms with Gasteiger partial charge in [-0.15, -0.1) is 0 Å². The molecule has 1 atom stereocenters. The van der Waals surface area contributed by atoms with Crippen molar-refractivity contribution in [1.29, 1.82) is 0 Å². The summed E-state index contributed by atoms with van der Waals surface area (Å²) in [7, 11) is 0. The van der Waals surface area contributed by atoms with E-state index in [2.05, 4.69) is 172 Å². The van der Waals surface area contributed by atoms with Crippen molar-refractivity contribution in [3.63, 3.8) is 0 Å².